The van der Waals surface area contributed by atoms with E-state index in [-0.39, 0.29) is 6.61 Å². The van der Waals surface area contributed by atoms with Crippen molar-refractivity contribution in [1.82, 2.24) is 4.98 Å². The van der Waals surface area contributed by atoms with Gasteiger partial charge >= 0.3 is 0 Å². The lowest BCUT2D eigenvalue weighted by Crippen LogP contribution is -2.46. The van der Waals surface area contributed by atoms with Crippen molar-refractivity contribution in [2.75, 3.05) is 6.61 Å². The minimum Gasteiger partial charge on any atom is -0.442 e. The minimum atomic E-state index is -1.07. The molecule has 3 aliphatic rings. The van der Waals surface area contributed by atoms with Crippen LogP contribution in [0.2, 0.25) is 10.0 Å². The molecule has 2 spiro atoms. The van der Waals surface area contributed by atoms with E-state index in [1.807, 2.05) is 48.5 Å². The zero-order valence-electron chi connectivity index (χ0n) is 19.8. The Hall–Kier alpha value is -2.32. The van der Waals surface area contributed by atoms with E-state index < -0.39 is 17.6 Å². The van der Waals surface area contributed by atoms with E-state index in [2.05, 4.69) is 26.0 Å². The number of ether oxygens (including phenoxy) is 3. The van der Waals surface area contributed by atoms with Gasteiger partial charge < -0.3 is 14.2 Å². The lowest BCUT2D eigenvalue weighted by atomic mass is 9.91. The normalized spacial score (nSPS) is 23.9. The molecule has 3 aromatic rings. The lowest BCUT2D eigenvalue weighted by molar-refractivity contribution is -0.253. The Morgan fingerprint density at radius 1 is 1.00 bits per heavy atom. The fourth-order valence-corrected chi connectivity index (χ4v) is 6.37. The van der Waals surface area contributed by atoms with Gasteiger partial charge in [-0.3, -0.25) is 0 Å². The number of fused-ring (bicyclic) bond motifs is 1. The number of pyridine rings is 1. The first-order valence-electron chi connectivity index (χ1n) is 12.2. The molecule has 1 unspecified atom stereocenters. The molecule has 0 N–H and O–H groups in total. The smallest absolute Gasteiger partial charge is 0.239 e. The molecular weight excluding hydrogens is 579 g/mol. The Balaban J connectivity index is 1.50. The molecule has 2 fully saturated rings. The van der Waals surface area contributed by atoms with Crippen molar-refractivity contribution < 1.29 is 14.2 Å². The van der Waals surface area contributed by atoms with Gasteiger partial charge in [0.05, 0.1) is 16.8 Å². The zero-order chi connectivity index (χ0) is 25.6. The number of halogens is 3. The lowest BCUT2D eigenvalue weighted by Gasteiger charge is -2.39. The third kappa shape index (κ3) is 4.71. The molecule has 2 atom stereocenters. The first-order valence-corrected chi connectivity index (χ1v) is 13.8. The van der Waals surface area contributed by atoms with Crippen LogP contribution in [0.1, 0.15) is 50.1 Å². The van der Waals surface area contributed by atoms with Gasteiger partial charge in [-0.15, -0.1) is 0 Å². The summed E-state index contributed by atoms with van der Waals surface area (Å²) < 4.78 is 20.1. The summed E-state index contributed by atoms with van der Waals surface area (Å²) in [6.07, 6.45) is 5.23. The van der Waals surface area contributed by atoms with Crippen molar-refractivity contribution in [3.05, 3.63) is 79.1 Å². The molecule has 2 aromatic carbocycles. The second-order valence-corrected chi connectivity index (χ2v) is 11.5. The summed E-state index contributed by atoms with van der Waals surface area (Å²) >= 11 is 16.3. The Morgan fingerprint density at radius 2 is 1.78 bits per heavy atom. The molecule has 1 saturated heterocycles. The topological polar surface area (TPSA) is 89.3 Å². The van der Waals surface area contributed by atoms with Crippen LogP contribution in [0.25, 0.3) is 32.8 Å². The minimum absolute atomic E-state index is 0.249. The molecule has 6 rings (SSSR count). The van der Waals surface area contributed by atoms with Crippen molar-refractivity contribution in [3.63, 3.8) is 0 Å². The number of benzene rings is 2. The summed E-state index contributed by atoms with van der Waals surface area (Å²) in [4.78, 5) is 8.12. The summed E-state index contributed by atoms with van der Waals surface area (Å²) in [6, 6.07) is 14.6. The van der Waals surface area contributed by atoms with Crippen LogP contribution in [0, 0.1) is 0 Å². The third-order valence-corrected chi connectivity index (χ3v) is 8.29. The molecule has 0 bridgehead atoms. The average molecular weight is 602 g/mol. The molecule has 0 amide bonds. The highest BCUT2D eigenvalue weighted by Gasteiger charge is 2.55. The summed E-state index contributed by atoms with van der Waals surface area (Å²) in [6.45, 7) is 0.249. The average Bonchev–Trinajstić information content (AvgIpc) is 3.21. The SMILES string of the molecule is [N-]=[N+]=N[C@@H]1CC2(COC3(CCCCC3)O2)Oc2nc(-c3ccc(Br)cc3Cl)c(-c3ccc(Cl)cc3)cc21. The molecule has 1 aliphatic carbocycles. The Bertz CT molecular complexity index is 1410. The summed E-state index contributed by atoms with van der Waals surface area (Å²) in [5.41, 5.74) is 13.2. The monoisotopic (exact) mass is 600 g/mol. The maximum absolute atomic E-state index is 9.42. The van der Waals surface area contributed by atoms with Crippen LogP contribution in [0.5, 0.6) is 5.88 Å². The predicted molar refractivity (Wildman–Crippen MR) is 146 cm³/mol. The molecule has 37 heavy (non-hydrogen) atoms. The first kappa shape index (κ1) is 25.0. The largest absolute Gasteiger partial charge is 0.442 e. The number of rotatable bonds is 3. The molecule has 190 valence electrons. The summed E-state index contributed by atoms with van der Waals surface area (Å²) in [7, 11) is 0. The molecule has 1 aromatic heterocycles. The highest BCUT2D eigenvalue weighted by molar-refractivity contribution is 9.10. The molecular formula is C27H23BrCl2N4O3. The highest BCUT2D eigenvalue weighted by atomic mass is 79.9. The van der Waals surface area contributed by atoms with Crippen LogP contribution in [0.3, 0.4) is 0 Å². The van der Waals surface area contributed by atoms with Crippen LogP contribution < -0.4 is 4.74 Å². The standard InChI is InChI=1S/C27H23BrCl2N4O3/c28-17-6-9-19(22(30)12-17)24-20(16-4-7-18(29)8-5-16)13-21-23(33-34-31)14-27(36-25(21)32-24)15-35-26(37-27)10-2-1-3-11-26/h4-9,12-13,23H,1-3,10-11,14-15H2/t23-,27?/m1/s1. The van der Waals surface area contributed by atoms with Crippen molar-refractivity contribution in [3.8, 4) is 28.3 Å². The Kier molecular flexibility index (Phi) is 6.60. The van der Waals surface area contributed by atoms with E-state index >= 15 is 0 Å². The Morgan fingerprint density at radius 3 is 2.51 bits per heavy atom. The third-order valence-electron chi connectivity index (χ3n) is 7.24. The van der Waals surface area contributed by atoms with Gasteiger partial charge in [0.25, 0.3) is 0 Å². The van der Waals surface area contributed by atoms with Gasteiger partial charge in [-0.1, -0.05) is 68.9 Å². The number of aromatic nitrogens is 1. The van der Waals surface area contributed by atoms with Gasteiger partial charge in [-0.25, -0.2) is 4.98 Å². The zero-order valence-corrected chi connectivity index (χ0v) is 22.9. The van der Waals surface area contributed by atoms with Gasteiger partial charge in [-0.05, 0) is 54.3 Å². The van der Waals surface area contributed by atoms with Crippen molar-refractivity contribution in [1.29, 1.82) is 0 Å². The van der Waals surface area contributed by atoms with E-state index in [0.29, 0.717) is 33.6 Å². The van der Waals surface area contributed by atoms with Gasteiger partial charge in [0, 0.05) is 50.4 Å². The molecule has 2 aliphatic heterocycles. The summed E-state index contributed by atoms with van der Waals surface area (Å²) in [5, 5.41) is 5.30. The number of nitrogens with zero attached hydrogens (tertiary/aromatic N) is 4. The molecule has 7 nitrogen and oxygen atoms in total. The predicted octanol–water partition coefficient (Wildman–Crippen LogP) is 9.02. The van der Waals surface area contributed by atoms with Crippen molar-refractivity contribution in [2.24, 2.45) is 5.11 Å². The fourth-order valence-electron chi connectivity index (χ4n) is 5.48. The molecule has 3 heterocycles. The molecule has 1 saturated carbocycles. The van der Waals surface area contributed by atoms with E-state index in [1.54, 1.807) is 0 Å². The van der Waals surface area contributed by atoms with Gasteiger partial charge in [0.2, 0.25) is 11.7 Å². The van der Waals surface area contributed by atoms with Crippen LogP contribution in [0.15, 0.2) is 58.1 Å². The quantitative estimate of drug-likeness (QED) is 0.170. The fraction of sp³-hybridized carbons (Fsp3) is 0.370. The van der Waals surface area contributed by atoms with E-state index in [4.69, 9.17) is 42.4 Å². The van der Waals surface area contributed by atoms with Gasteiger partial charge in [0.1, 0.15) is 6.61 Å². The maximum atomic E-state index is 9.42. The second kappa shape index (κ2) is 9.77. The maximum Gasteiger partial charge on any atom is 0.239 e. The van der Waals surface area contributed by atoms with Crippen LogP contribution >= 0.6 is 39.1 Å². The Labute approximate surface area is 232 Å². The number of hydrogen-bond donors (Lipinski definition) is 0. The second-order valence-electron chi connectivity index (χ2n) is 9.71. The first-order chi connectivity index (χ1) is 17.9. The highest BCUT2D eigenvalue weighted by Crippen LogP contribution is 2.51. The van der Waals surface area contributed by atoms with E-state index in [1.165, 1.54) is 6.42 Å². The number of hydrogen-bond acceptors (Lipinski definition) is 5. The van der Waals surface area contributed by atoms with Crippen molar-refractivity contribution >= 4 is 39.1 Å². The summed E-state index contributed by atoms with van der Waals surface area (Å²) in [5.74, 6) is -1.37. The van der Waals surface area contributed by atoms with E-state index in [9.17, 15) is 5.53 Å². The number of azide groups is 1. The van der Waals surface area contributed by atoms with Crippen molar-refractivity contribution in [2.45, 2.75) is 56.1 Å². The molecule has 10 heteroatoms. The van der Waals surface area contributed by atoms with Crippen LogP contribution in [-0.2, 0) is 9.47 Å². The van der Waals surface area contributed by atoms with Crippen LogP contribution in [-0.4, -0.2) is 23.2 Å². The van der Waals surface area contributed by atoms with E-state index in [0.717, 1.165) is 46.8 Å². The van der Waals surface area contributed by atoms with Crippen LogP contribution in [0.4, 0.5) is 0 Å². The van der Waals surface area contributed by atoms with Gasteiger partial charge in [0.15, 0.2) is 5.79 Å². The molecule has 0 radical (unpaired) electrons. The van der Waals surface area contributed by atoms with Gasteiger partial charge in [-0.2, -0.15) is 0 Å².